The van der Waals surface area contributed by atoms with Crippen molar-refractivity contribution in [3.05, 3.63) is 46.4 Å². The van der Waals surface area contributed by atoms with E-state index in [1.165, 1.54) is 25.3 Å². The number of carbonyl (C=O) groups is 1. The molecule has 1 amide bonds. The molecule has 0 saturated carbocycles. The molecule has 4 heterocycles. The Kier molecular flexibility index (Phi) is 5.36. The van der Waals surface area contributed by atoms with Crippen molar-refractivity contribution in [2.45, 2.75) is 64.0 Å². The van der Waals surface area contributed by atoms with E-state index < -0.39 is 0 Å². The van der Waals surface area contributed by atoms with Crippen LogP contribution in [0.25, 0.3) is 0 Å². The maximum atomic E-state index is 12.5. The molecule has 4 rings (SSSR count). The van der Waals surface area contributed by atoms with E-state index in [9.17, 15) is 9.59 Å². The van der Waals surface area contributed by atoms with Crippen molar-refractivity contribution in [3.8, 4) is 0 Å². The van der Waals surface area contributed by atoms with Crippen LogP contribution in [0.3, 0.4) is 0 Å². The van der Waals surface area contributed by atoms with Gasteiger partial charge in [-0.25, -0.2) is 0 Å². The molecule has 0 atom stereocenters. The SMILES string of the molecule is O=C(CCn1ccccc1=O)N1CCC(c2nnc3n2CCCCC3)CC1. The van der Waals surface area contributed by atoms with Gasteiger partial charge in [0.2, 0.25) is 5.91 Å². The maximum Gasteiger partial charge on any atom is 0.250 e. The molecule has 0 aliphatic carbocycles. The minimum absolute atomic E-state index is 0.0588. The van der Waals surface area contributed by atoms with Gasteiger partial charge in [-0.1, -0.05) is 12.5 Å². The number of rotatable bonds is 4. The first kappa shape index (κ1) is 17.9. The van der Waals surface area contributed by atoms with Gasteiger partial charge in [-0.2, -0.15) is 0 Å². The number of fused-ring (bicyclic) bond motifs is 1. The van der Waals surface area contributed by atoms with Gasteiger partial charge in [0, 0.05) is 57.2 Å². The molecule has 7 nitrogen and oxygen atoms in total. The Balaban J connectivity index is 1.32. The average Bonchev–Trinajstić information content (AvgIpc) is 2.95. The van der Waals surface area contributed by atoms with E-state index in [0.717, 1.165) is 50.5 Å². The van der Waals surface area contributed by atoms with Gasteiger partial charge >= 0.3 is 0 Å². The summed E-state index contributed by atoms with van der Waals surface area (Å²) in [5, 5.41) is 8.91. The Labute approximate surface area is 159 Å². The van der Waals surface area contributed by atoms with Crippen molar-refractivity contribution in [1.82, 2.24) is 24.2 Å². The zero-order valence-electron chi connectivity index (χ0n) is 15.7. The zero-order valence-corrected chi connectivity index (χ0v) is 15.7. The second-order valence-electron chi connectivity index (χ2n) is 7.57. The molecule has 7 heteroatoms. The number of hydrogen-bond donors (Lipinski definition) is 0. The summed E-state index contributed by atoms with van der Waals surface area (Å²) in [5.74, 6) is 2.78. The first-order chi connectivity index (χ1) is 13.2. The van der Waals surface area contributed by atoms with Crippen LogP contribution in [0, 0.1) is 0 Å². The standard InChI is InChI=1S/C20H27N5O2/c26-18-7-3-5-11-23(18)15-10-19(27)24-13-8-16(9-14-24)20-22-21-17-6-2-1-4-12-25(17)20/h3,5,7,11,16H,1-2,4,6,8-10,12-15H2. The second-order valence-corrected chi connectivity index (χ2v) is 7.57. The predicted octanol–water partition coefficient (Wildman–Crippen LogP) is 1.96. The molecule has 2 aliphatic rings. The van der Waals surface area contributed by atoms with Crippen LogP contribution < -0.4 is 5.56 Å². The summed E-state index contributed by atoms with van der Waals surface area (Å²) in [6.07, 6.45) is 8.69. The number of pyridine rings is 1. The van der Waals surface area contributed by atoms with E-state index in [1.807, 2.05) is 11.0 Å². The topological polar surface area (TPSA) is 73.0 Å². The molecule has 1 saturated heterocycles. The van der Waals surface area contributed by atoms with E-state index in [4.69, 9.17) is 0 Å². The van der Waals surface area contributed by atoms with Crippen LogP contribution >= 0.6 is 0 Å². The van der Waals surface area contributed by atoms with Gasteiger partial charge in [0.25, 0.3) is 5.56 Å². The summed E-state index contributed by atoms with van der Waals surface area (Å²) >= 11 is 0. The number of aromatic nitrogens is 4. The highest BCUT2D eigenvalue weighted by Gasteiger charge is 2.28. The molecule has 0 aromatic carbocycles. The lowest BCUT2D eigenvalue weighted by atomic mass is 9.95. The zero-order chi connectivity index (χ0) is 18.6. The van der Waals surface area contributed by atoms with E-state index >= 15 is 0 Å². The number of likely N-dealkylation sites (tertiary alicyclic amines) is 1. The number of nitrogens with zero attached hydrogens (tertiary/aromatic N) is 5. The second kappa shape index (κ2) is 8.06. The lowest BCUT2D eigenvalue weighted by molar-refractivity contribution is -0.132. The van der Waals surface area contributed by atoms with Crippen molar-refractivity contribution in [3.63, 3.8) is 0 Å². The number of carbonyl (C=O) groups excluding carboxylic acids is 1. The van der Waals surface area contributed by atoms with Crippen molar-refractivity contribution >= 4 is 5.91 Å². The number of aryl methyl sites for hydroxylation is 2. The van der Waals surface area contributed by atoms with Crippen molar-refractivity contribution in [2.75, 3.05) is 13.1 Å². The highest BCUT2D eigenvalue weighted by atomic mass is 16.2. The summed E-state index contributed by atoms with van der Waals surface area (Å²) in [6.45, 7) is 2.99. The van der Waals surface area contributed by atoms with Gasteiger partial charge in [0.1, 0.15) is 11.6 Å². The molecule has 0 N–H and O–H groups in total. The molecular weight excluding hydrogens is 342 g/mol. The van der Waals surface area contributed by atoms with Gasteiger partial charge in [0.15, 0.2) is 0 Å². The Morgan fingerprint density at radius 1 is 1.07 bits per heavy atom. The number of hydrogen-bond acceptors (Lipinski definition) is 4. The lowest BCUT2D eigenvalue weighted by Crippen LogP contribution is -2.39. The van der Waals surface area contributed by atoms with Crippen LogP contribution in [0.15, 0.2) is 29.2 Å². The Morgan fingerprint density at radius 3 is 2.74 bits per heavy atom. The summed E-state index contributed by atoms with van der Waals surface area (Å²) in [5.41, 5.74) is -0.0588. The van der Waals surface area contributed by atoms with Crippen LogP contribution in [0.5, 0.6) is 0 Å². The third kappa shape index (κ3) is 3.96. The Morgan fingerprint density at radius 2 is 1.93 bits per heavy atom. The third-order valence-electron chi connectivity index (χ3n) is 5.82. The molecule has 2 aromatic rings. The molecule has 1 fully saturated rings. The summed E-state index contributed by atoms with van der Waals surface area (Å²) < 4.78 is 3.92. The van der Waals surface area contributed by atoms with Crippen LogP contribution in [-0.4, -0.2) is 43.2 Å². The largest absolute Gasteiger partial charge is 0.343 e. The molecule has 0 bridgehead atoms. The van der Waals surface area contributed by atoms with Gasteiger partial charge in [-0.15, -0.1) is 10.2 Å². The van der Waals surface area contributed by atoms with Gasteiger partial charge in [-0.3, -0.25) is 9.59 Å². The fourth-order valence-electron chi connectivity index (χ4n) is 4.22. The molecule has 0 unspecified atom stereocenters. The third-order valence-corrected chi connectivity index (χ3v) is 5.82. The van der Waals surface area contributed by atoms with E-state index in [-0.39, 0.29) is 11.5 Å². The summed E-state index contributed by atoms with van der Waals surface area (Å²) in [6, 6.07) is 5.06. The van der Waals surface area contributed by atoms with Gasteiger partial charge < -0.3 is 14.0 Å². The summed E-state index contributed by atoms with van der Waals surface area (Å²) in [4.78, 5) is 26.2. The van der Waals surface area contributed by atoms with Crippen molar-refractivity contribution in [2.24, 2.45) is 0 Å². The van der Waals surface area contributed by atoms with Crippen LogP contribution in [0.4, 0.5) is 0 Å². The van der Waals surface area contributed by atoms with E-state index in [2.05, 4.69) is 14.8 Å². The number of amides is 1. The fourth-order valence-corrected chi connectivity index (χ4v) is 4.22. The first-order valence-corrected chi connectivity index (χ1v) is 10.1. The van der Waals surface area contributed by atoms with E-state index in [0.29, 0.717) is 18.9 Å². The van der Waals surface area contributed by atoms with Crippen molar-refractivity contribution < 1.29 is 4.79 Å². The molecule has 0 radical (unpaired) electrons. The van der Waals surface area contributed by atoms with Crippen molar-refractivity contribution in [1.29, 1.82) is 0 Å². The Bertz CT molecular complexity index is 848. The first-order valence-electron chi connectivity index (χ1n) is 10.1. The van der Waals surface area contributed by atoms with Crippen LogP contribution in [0.2, 0.25) is 0 Å². The molecule has 27 heavy (non-hydrogen) atoms. The maximum absolute atomic E-state index is 12.5. The molecule has 2 aliphatic heterocycles. The summed E-state index contributed by atoms with van der Waals surface area (Å²) in [7, 11) is 0. The average molecular weight is 369 g/mol. The predicted molar refractivity (Wildman–Crippen MR) is 101 cm³/mol. The monoisotopic (exact) mass is 369 g/mol. The molecular formula is C20H27N5O2. The quantitative estimate of drug-likeness (QED) is 0.826. The van der Waals surface area contributed by atoms with E-state index in [1.54, 1.807) is 16.8 Å². The molecule has 0 spiro atoms. The number of piperidine rings is 1. The smallest absolute Gasteiger partial charge is 0.250 e. The minimum Gasteiger partial charge on any atom is -0.343 e. The van der Waals surface area contributed by atoms with Crippen LogP contribution in [0.1, 0.15) is 56.1 Å². The molecule has 144 valence electrons. The van der Waals surface area contributed by atoms with Gasteiger partial charge in [0.05, 0.1) is 0 Å². The highest BCUT2D eigenvalue weighted by molar-refractivity contribution is 5.76. The molecule has 2 aromatic heterocycles. The lowest BCUT2D eigenvalue weighted by Gasteiger charge is -2.32. The highest BCUT2D eigenvalue weighted by Crippen LogP contribution is 2.29. The minimum atomic E-state index is -0.0588. The normalized spacial score (nSPS) is 18.1. The van der Waals surface area contributed by atoms with Gasteiger partial charge in [-0.05, 0) is 31.7 Å². The van der Waals surface area contributed by atoms with Crippen LogP contribution in [-0.2, 0) is 24.3 Å². The Hall–Kier alpha value is -2.44. The fraction of sp³-hybridized carbons (Fsp3) is 0.600.